The highest BCUT2D eigenvalue weighted by Crippen LogP contribution is 2.24. The molecule has 1 aliphatic heterocycles. The maximum atomic E-state index is 12.6. The van der Waals surface area contributed by atoms with Crippen LogP contribution in [0.4, 0.5) is 0 Å². The van der Waals surface area contributed by atoms with Crippen molar-refractivity contribution < 1.29 is 14.3 Å². The minimum absolute atomic E-state index is 0.0129. The summed E-state index contributed by atoms with van der Waals surface area (Å²) in [4.78, 5) is 31.0. The summed E-state index contributed by atoms with van der Waals surface area (Å²) in [6.07, 6.45) is 11.9. The topological polar surface area (TPSA) is 100 Å². The smallest absolute Gasteiger partial charge is 0.271 e. The monoisotopic (exact) mass is 459 g/mol. The lowest BCUT2D eigenvalue weighted by Crippen LogP contribution is -2.46. The molecule has 1 unspecified atom stereocenters. The fourth-order valence-electron chi connectivity index (χ4n) is 4.13. The van der Waals surface area contributed by atoms with E-state index in [1.807, 2.05) is 23.6 Å². The van der Waals surface area contributed by atoms with Gasteiger partial charge in [0.2, 0.25) is 5.91 Å². The molecule has 8 heteroatoms. The zero-order valence-corrected chi connectivity index (χ0v) is 19.5. The largest absolute Gasteiger partial charge is 0.490 e. The summed E-state index contributed by atoms with van der Waals surface area (Å²) in [6.45, 7) is 5.14. The van der Waals surface area contributed by atoms with Gasteiger partial charge in [-0.15, -0.1) is 0 Å². The molecule has 4 rings (SSSR count). The molecule has 1 aliphatic carbocycles. The molecule has 2 aliphatic rings. The number of ether oxygens (including phenoxy) is 1. The summed E-state index contributed by atoms with van der Waals surface area (Å²) >= 11 is 0. The average molecular weight is 460 g/mol. The standard InChI is InChI=1S/C26H29N5O3/c1-18-4-3-5-21(12-18)31-16-23(29-17-31)26(33)28-15-25(32)30-10-8-22(9-11-30)34-24-13-20(14-27)7-6-19(24)2/h3,5-7,12-13,16-18,22H,4,8-11,15H2,1-2H3,(H,28,33). The minimum atomic E-state index is -0.369. The number of nitriles is 1. The summed E-state index contributed by atoms with van der Waals surface area (Å²) in [5.74, 6) is 0.662. The number of nitrogens with zero attached hydrogens (tertiary/aromatic N) is 4. The van der Waals surface area contributed by atoms with E-state index in [0.717, 1.165) is 17.7 Å². The van der Waals surface area contributed by atoms with Crippen LogP contribution in [0.2, 0.25) is 0 Å². The van der Waals surface area contributed by atoms with Crippen LogP contribution >= 0.6 is 0 Å². The quantitative estimate of drug-likeness (QED) is 0.714. The molecule has 0 spiro atoms. The van der Waals surface area contributed by atoms with Crippen molar-refractivity contribution in [3.63, 3.8) is 0 Å². The van der Waals surface area contributed by atoms with Crippen molar-refractivity contribution in [2.45, 2.75) is 39.2 Å². The maximum absolute atomic E-state index is 12.6. The normalized spacial score (nSPS) is 18.2. The molecule has 1 aromatic heterocycles. The lowest BCUT2D eigenvalue weighted by molar-refractivity contribution is -0.131. The molecule has 0 bridgehead atoms. The highest BCUT2D eigenvalue weighted by atomic mass is 16.5. The van der Waals surface area contributed by atoms with Crippen LogP contribution in [0, 0.1) is 24.2 Å². The first-order valence-corrected chi connectivity index (χ1v) is 11.6. The number of nitrogens with one attached hydrogen (secondary N) is 1. The number of likely N-dealkylation sites (tertiary alicyclic amines) is 1. The van der Waals surface area contributed by atoms with Crippen LogP contribution in [0.1, 0.15) is 47.8 Å². The third-order valence-corrected chi connectivity index (χ3v) is 6.17. The van der Waals surface area contributed by atoms with E-state index >= 15 is 0 Å². The van der Waals surface area contributed by atoms with E-state index in [2.05, 4.69) is 35.4 Å². The number of benzene rings is 1. The Morgan fingerprint density at radius 3 is 2.82 bits per heavy atom. The van der Waals surface area contributed by atoms with Crippen molar-refractivity contribution in [2.24, 2.45) is 5.92 Å². The Morgan fingerprint density at radius 2 is 2.09 bits per heavy atom. The number of piperidine rings is 1. The van der Waals surface area contributed by atoms with E-state index in [1.54, 1.807) is 29.6 Å². The molecule has 8 nitrogen and oxygen atoms in total. The zero-order valence-electron chi connectivity index (χ0n) is 19.5. The van der Waals surface area contributed by atoms with Gasteiger partial charge in [0.15, 0.2) is 0 Å². The van der Waals surface area contributed by atoms with E-state index in [4.69, 9.17) is 10.00 Å². The van der Waals surface area contributed by atoms with Gasteiger partial charge in [0.1, 0.15) is 23.9 Å². The second-order valence-corrected chi connectivity index (χ2v) is 8.85. The predicted molar refractivity (Wildman–Crippen MR) is 128 cm³/mol. The summed E-state index contributed by atoms with van der Waals surface area (Å²) in [6, 6.07) is 7.53. The van der Waals surface area contributed by atoms with Gasteiger partial charge in [0, 0.05) is 37.8 Å². The van der Waals surface area contributed by atoms with E-state index < -0.39 is 0 Å². The number of rotatable bonds is 6. The number of aryl methyl sites for hydroxylation is 1. The molecule has 0 radical (unpaired) electrons. The van der Waals surface area contributed by atoms with Crippen molar-refractivity contribution in [3.8, 4) is 11.8 Å². The van der Waals surface area contributed by atoms with E-state index in [0.29, 0.717) is 43.2 Å². The number of amides is 2. The van der Waals surface area contributed by atoms with Crippen LogP contribution in [0.15, 0.2) is 49.0 Å². The SMILES string of the molecule is Cc1ccc(C#N)cc1OC1CCN(C(=O)CNC(=O)c2cn(C3=CC(C)CC=C3)cn2)CC1. The molecule has 2 aromatic rings. The third kappa shape index (κ3) is 5.54. The Bertz CT molecular complexity index is 1170. The number of carbonyl (C=O) groups excluding carboxylic acids is 2. The lowest BCUT2D eigenvalue weighted by Gasteiger charge is -2.32. The van der Waals surface area contributed by atoms with Crippen LogP contribution in [0.25, 0.3) is 5.70 Å². The number of allylic oxidation sites excluding steroid dienone is 4. The van der Waals surface area contributed by atoms with Crippen molar-refractivity contribution >= 4 is 17.5 Å². The molecule has 34 heavy (non-hydrogen) atoms. The van der Waals surface area contributed by atoms with Crippen molar-refractivity contribution in [1.29, 1.82) is 5.26 Å². The van der Waals surface area contributed by atoms with Gasteiger partial charge in [-0.25, -0.2) is 4.98 Å². The molecule has 1 N–H and O–H groups in total. The molecule has 2 amide bonds. The van der Waals surface area contributed by atoms with Crippen molar-refractivity contribution in [1.82, 2.24) is 19.8 Å². The summed E-state index contributed by atoms with van der Waals surface area (Å²) in [5.41, 5.74) is 2.81. The summed E-state index contributed by atoms with van der Waals surface area (Å²) in [5, 5.41) is 11.8. The van der Waals surface area contributed by atoms with Gasteiger partial charge in [-0.3, -0.25) is 9.59 Å². The first-order valence-electron chi connectivity index (χ1n) is 11.6. The molecule has 1 fully saturated rings. The maximum Gasteiger partial charge on any atom is 0.271 e. The Balaban J connectivity index is 1.24. The summed E-state index contributed by atoms with van der Waals surface area (Å²) in [7, 11) is 0. The first-order chi connectivity index (χ1) is 16.4. The second kappa shape index (κ2) is 10.4. The van der Waals surface area contributed by atoms with E-state index in [-0.39, 0.29) is 30.2 Å². The molecule has 176 valence electrons. The number of hydrogen-bond donors (Lipinski definition) is 1. The Kier molecular flexibility index (Phi) is 7.12. The Labute approximate surface area is 199 Å². The average Bonchev–Trinajstić information content (AvgIpc) is 3.35. The van der Waals surface area contributed by atoms with Crippen LogP contribution in [0.5, 0.6) is 5.75 Å². The molecule has 1 saturated heterocycles. The zero-order chi connectivity index (χ0) is 24.1. The van der Waals surface area contributed by atoms with Crippen LogP contribution in [-0.2, 0) is 4.79 Å². The minimum Gasteiger partial charge on any atom is -0.490 e. The van der Waals surface area contributed by atoms with Gasteiger partial charge in [0.25, 0.3) is 5.91 Å². The fourth-order valence-corrected chi connectivity index (χ4v) is 4.13. The number of carbonyl (C=O) groups is 2. The van der Waals surface area contributed by atoms with Gasteiger partial charge in [-0.2, -0.15) is 5.26 Å². The molecule has 0 saturated carbocycles. The molecule has 2 heterocycles. The molecule has 1 atom stereocenters. The van der Waals surface area contributed by atoms with Crippen molar-refractivity contribution in [2.75, 3.05) is 19.6 Å². The number of aromatic nitrogens is 2. The van der Waals surface area contributed by atoms with Crippen LogP contribution in [0.3, 0.4) is 0 Å². The molecule has 1 aromatic carbocycles. The Morgan fingerprint density at radius 1 is 1.29 bits per heavy atom. The summed E-state index contributed by atoms with van der Waals surface area (Å²) < 4.78 is 7.91. The van der Waals surface area contributed by atoms with Crippen molar-refractivity contribution in [3.05, 3.63) is 65.8 Å². The Hall–Kier alpha value is -3.86. The second-order valence-electron chi connectivity index (χ2n) is 8.85. The lowest BCUT2D eigenvalue weighted by atomic mass is 10.0. The first kappa shape index (κ1) is 23.3. The van der Waals surface area contributed by atoms with Gasteiger partial charge in [0.05, 0.1) is 18.2 Å². The van der Waals surface area contributed by atoms with Gasteiger partial charge in [-0.1, -0.05) is 25.1 Å². The highest BCUT2D eigenvalue weighted by Gasteiger charge is 2.25. The van der Waals surface area contributed by atoms with Gasteiger partial charge < -0.3 is 19.5 Å². The third-order valence-electron chi connectivity index (χ3n) is 6.17. The van der Waals surface area contributed by atoms with E-state index in [1.165, 1.54) is 0 Å². The van der Waals surface area contributed by atoms with Crippen LogP contribution < -0.4 is 10.1 Å². The fraction of sp³-hybridized carbons (Fsp3) is 0.385. The number of hydrogen-bond acceptors (Lipinski definition) is 5. The van der Waals surface area contributed by atoms with Gasteiger partial charge in [-0.05, 0) is 43.0 Å². The predicted octanol–water partition coefficient (Wildman–Crippen LogP) is 3.30. The number of imidazole rings is 1. The highest BCUT2D eigenvalue weighted by molar-refractivity contribution is 5.95. The molecular weight excluding hydrogens is 430 g/mol. The molecular formula is C26H29N5O3. The van der Waals surface area contributed by atoms with Crippen LogP contribution in [-0.4, -0.2) is 52.0 Å². The van der Waals surface area contributed by atoms with Gasteiger partial charge >= 0.3 is 0 Å². The van der Waals surface area contributed by atoms with E-state index in [9.17, 15) is 9.59 Å².